The van der Waals surface area contributed by atoms with Crippen LogP contribution in [0.25, 0.3) is 0 Å². The Morgan fingerprint density at radius 3 is 1.96 bits per heavy atom. The first-order valence-corrected chi connectivity index (χ1v) is 22.2. The molecule has 4 heterocycles. The molecule has 0 spiro atoms. The van der Waals surface area contributed by atoms with Gasteiger partial charge in [0.15, 0.2) is 0 Å². The molecule has 0 radical (unpaired) electrons. The first-order valence-electron chi connectivity index (χ1n) is 18.7. The van der Waals surface area contributed by atoms with Crippen molar-refractivity contribution < 1.29 is 32.2 Å². The molecule has 0 aliphatic carbocycles. The summed E-state index contributed by atoms with van der Waals surface area (Å²) in [7, 11) is 0.101. The smallest absolute Gasteiger partial charge is 0.421 e. The minimum absolute atomic E-state index is 0.0134. The molecule has 6 rings (SSSR count). The molecule has 0 amide bonds. The van der Waals surface area contributed by atoms with E-state index in [1.165, 1.54) is 0 Å². The molecule has 13 nitrogen and oxygen atoms in total. The maximum absolute atomic E-state index is 13.5. The first-order chi connectivity index (χ1) is 26.6. The molecule has 16 heteroatoms. The van der Waals surface area contributed by atoms with Crippen molar-refractivity contribution in [1.29, 1.82) is 0 Å². The summed E-state index contributed by atoms with van der Waals surface area (Å²) in [6, 6.07) is 22.7. The summed E-state index contributed by atoms with van der Waals surface area (Å²) in [6.45, 7) is 13.4. The largest absolute Gasteiger partial charge is 0.598 e. The van der Waals surface area contributed by atoms with Crippen LogP contribution in [0, 0.1) is 0 Å². The predicted molar refractivity (Wildman–Crippen MR) is 224 cm³/mol. The number of ether oxygens (including phenoxy) is 2. The van der Waals surface area contributed by atoms with Gasteiger partial charge in [-0.25, -0.2) is 9.55 Å². The summed E-state index contributed by atoms with van der Waals surface area (Å²) >= 11 is -2.65. The summed E-state index contributed by atoms with van der Waals surface area (Å²) in [5.41, 5.74) is 4.58. The minimum atomic E-state index is -3.18. The van der Waals surface area contributed by atoms with Crippen molar-refractivity contribution in [2.24, 2.45) is 0 Å². The molecule has 5 unspecified atom stereocenters. The van der Waals surface area contributed by atoms with Crippen molar-refractivity contribution in [3.05, 3.63) is 95.2 Å². The molecule has 0 saturated carbocycles. The summed E-state index contributed by atoms with van der Waals surface area (Å²) in [4.78, 5) is 15.0. The number of hydrazine groups is 1. The number of nitrogens with zero attached hydrogens (tertiary/aromatic N) is 4. The van der Waals surface area contributed by atoms with Gasteiger partial charge < -0.3 is 32.5 Å². The van der Waals surface area contributed by atoms with Crippen molar-refractivity contribution in [1.82, 2.24) is 19.5 Å². The lowest BCUT2D eigenvalue weighted by molar-refractivity contribution is 0.400. The van der Waals surface area contributed by atoms with Gasteiger partial charge in [-0.2, -0.15) is 4.98 Å². The zero-order valence-electron chi connectivity index (χ0n) is 33.3. The van der Waals surface area contributed by atoms with Crippen LogP contribution in [0.1, 0.15) is 88.7 Å². The fourth-order valence-corrected chi connectivity index (χ4v) is 8.58. The predicted octanol–water partition coefficient (Wildman–Crippen LogP) is 7.35. The van der Waals surface area contributed by atoms with E-state index in [2.05, 4.69) is 14.5 Å². The fraction of sp³-hybridized carbons (Fsp3) is 0.450. The van der Waals surface area contributed by atoms with E-state index in [9.17, 15) is 13.7 Å². The van der Waals surface area contributed by atoms with E-state index in [1.54, 1.807) is 26.4 Å². The lowest BCUT2D eigenvalue weighted by Gasteiger charge is -2.36. The quantitative estimate of drug-likeness (QED) is 0.0963. The number of fused-ring (bicyclic) bond motifs is 2. The van der Waals surface area contributed by atoms with Crippen molar-refractivity contribution in [3.8, 4) is 23.3 Å². The topological polar surface area (TPSA) is 156 Å². The Hall–Kier alpha value is -3.69. The van der Waals surface area contributed by atoms with E-state index >= 15 is 0 Å². The Morgan fingerprint density at radius 1 is 0.768 bits per heavy atom. The van der Waals surface area contributed by atoms with Crippen LogP contribution >= 0.6 is 8.25 Å². The second-order valence-corrected chi connectivity index (χ2v) is 20.7. The number of hydrogen-bond acceptors (Lipinski definition) is 13. The summed E-state index contributed by atoms with van der Waals surface area (Å²) in [5, 5.41) is 1.88. The molecule has 302 valence electrons. The van der Waals surface area contributed by atoms with Gasteiger partial charge in [0, 0.05) is 54.6 Å². The molecule has 0 bridgehead atoms. The Balaban J connectivity index is 1.23. The van der Waals surface area contributed by atoms with Gasteiger partial charge in [-0.1, -0.05) is 24.3 Å². The minimum Gasteiger partial charge on any atom is -0.598 e. The van der Waals surface area contributed by atoms with E-state index in [4.69, 9.17) is 28.5 Å². The number of nitrogens with one attached hydrogen (secondary N) is 2. The highest BCUT2D eigenvalue weighted by molar-refractivity contribution is 7.91. The standard InChI is InChI=1S/C40H53N6O7PS2/c1-39(2,3)55(48)43-33-22-23-45(26-28-11-15-31(51-8)16-12-28)38-32(33)17-19-36(42-38)53-54(47)52-35-20-18-34-37(41-35)29(25-27-9-13-30(50-7)14-10-27)21-24-46(34)44-56(49)40(4,5)6/h9-20,29,33,43-44,54H,21-26H2,1-8H3. The van der Waals surface area contributed by atoms with Gasteiger partial charge in [0.05, 0.1) is 43.0 Å². The Morgan fingerprint density at radius 2 is 1.36 bits per heavy atom. The van der Waals surface area contributed by atoms with Gasteiger partial charge in [0.2, 0.25) is 11.8 Å². The van der Waals surface area contributed by atoms with Gasteiger partial charge in [0.1, 0.15) is 26.8 Å². The zero-order chi connectivity index (χ0) is 40.2. The monoisotopic (exact) mass is 824 g/mol. The molecule has 0 saturated heterocycles. The number of hydrogen-bond donors (Lipinski definition) is 2. The van der Waals surface area contributed by atoms with Crippen LogP contribution in [0.15, 0.2) is 72.8 Å². The van der Waals surface area contributed by atoms with Crippen LogP contribution in [0.3, 0.4) is 0 Å². The number of pyridine rings is 2. The second-order valence-electron chi connectivity index (χ2n) is 15.8. The van der Waals surface area contributed by atoms with Crippen molar-refractivity contribution in [2.75, 3.05) is 37.2 Å². The third kappa shape index (κ3) is 10.4. The van der Waals surface area contributed by atoms with Gasteiger partial charge in [0.25, 0.3) is 0 Å². The molecular weight excluding hydrogens is 772 g/mol. The molecule has 2 aliphatic heterocycles. The van der Waals surface area contributed by atoms with Crippen LogP contribution in [0.5, 0.6) is 23.3 Å². The number of benzene rings is 2. The number of rotatable bonds is 14. The lowest BCUT2D eigenvalue weighted by Crippen LogP contribution is -2.51. The molecule has 0 fully saturated rings. The molecular formula is C40H53N6O7PS2. The van der Waals surface area contributed by atoms with E-state index in [0.717, 1.165) is 52.4 Å². The average molecular weight is 825 g/mol. The summed E-state index contributed by atoms with van der Waals surface area (Å²) < 4.78 is 64.6. The van der Waals surface area contributed by atoms with Gasteiger partial charge in [-0.05, 0) is 113 Å². The van der Waals surface area contributed by atoms with Crippen LogP contribution in [0.2, 0.25) is 0 Å². The van der Waals surface area contributed by atoms with E-state index in [0.29, 0.717) is 31.9 Å². The van der Waals surface area contributed by atoms with E-state index < -0.39 is 40.5 Å². The Bertz CT molecular complexity index is 1820. The first kappa shape index (κ1) is 41.9. The van der Waals surface area contributed by atoms with E-state index in [1.807, 2.05) is 107 Å². The molecule has 2 aromatic heterocycles. The molecule has 2 aliphatic rings. The number of aromatic nitrogens is 2. The highest BCUT2D eigenvalue weighted by atomic mass is 32.2. The molecule has 4 aromatic rings. The maximum Gasteiger partial charge on any atom is 0.421 e. The summed E-state index contributed by atoms with van der Waals surface area (Å²) in [6.07, 6.45) is 2.16. The summed E-state index contributed by atoms with van der Waals surface area (Å²) in [5.74, 6) is 2.51. The molecule has 5 atom stereocenters. The van der Waals surface area contributed by atoms with Crippen molar-refractivity contribution >= 4 is 42.5 Å². The number of methoxy groups -OCH3 is 2. The highest BCUT2D eigenvalue weighted by Gasteiger charge is 2.36. The van der Waals surface area contributed by atoms with Crippen LogP contribution in [0.4, 0.5) is 11.5 Å². The Labute approximate surface area is 337 Å². The number of anilines is 2. The maximum atomic E-state index is 13.5. The van der Waals surface area contributed by atoms with Crippen LogP contribution < -0.4 is 38.0 Å². The third-order valence-corrected chi connectivity index (χ3v) is 13.5. The van der Waals surface area contributed by atoms with Crippen molar-refractivity contribution in [3.63, 3.8) is 0 Å². The Kier molecular flexibility index (Phi) is 13.4. The fourth-order valence-electron chi connectivity index (χ4n) is 6.45. The third-order valence-electron chi connectivity index (χ3n) is 9.60. The molecule has 56 heavy (non-hydrogen) atoms. The highest BCUT2D eigenvalue weighted by Crippen LogP contribution is 2.41. The van der Waals surface area contributed by atoms with Crippen LogP contribution in [-0.2, 0) is 40.3 Å². The van der Waals surface area contributed by atoms with Gasteiger partial charge in [-0.3, -0.25) is 5.01 Å². The second kappa shape index (κ2) is 17.8. The normalized spacial score (nSPS) is 18.7. The van der Waals surface area contributed by atoms with Gasteiger partial charge >= 0.3 is 8.25 Å². The van der Waals surface area contributed by atoms with Gasteiger partial charge in [-0.15, -0.1) is 4.72 Å². The SMILES string of the molecule is COc1ccc(CC2CCN(N[S+]([O-])C(C)(C)C)c3ccc(O[PH](=O)Oc4ccc5c(n4)N(Cc4ccc(OC)cc4)CCC5N[S+]([O-])C(C)(C)C)nc32)cc1. The molecule has 2 N–H and O–H groups in total. The van der Waals surface area contributed by atoms with E-state index in [-0.39, 0.29) is 23.7 Å². The molecule has 2 aromatic carbocycles. The zero-order valence-corrected chi connectivity index (χ0v) is 35.9. The average Bonchev–Trinajstić information content (AvgIpc) is 3.16. The van der Waals surface area contributed by atoms with Crippen LogP contribution in [-0.4, -0.2) is 55.9 Å². The lowest BCUT2D eigenvalue weighted by atomic mass is 9.89. The van der Waals surface area contributed by atoms with Crippen molar-refractivity contribution in [2.45, 2.75) is 88.8 Å².